The van der Waals surface area contributed by atoms with E-state index in [1.54, 1.807) is 16.2 Å². The Hall–Kier alpha value is -3.24. The number of hydrogen-bond acceptors (Lipinski definition) is 7. The number of likely N-dealkylation sites (tertiary alicyclic amines) is 1. The van der Waals surface area contributed by atoms with Gasteiger partial charge >= 0.3 is 0 Å². The van der Waals surface area contributed by atoms with Crippen molar-refractivity contribution >= 4 is 29.7 Å². The zero-order valence-electron chi connectivity index (χ0n) is 16.5. The third-order valence-electron chi connectivity index (χ3n) is 5.16. The van der Waals surface area contributed by atoms with Gasteiger partial charge in [0.1, 0.15) is 11.7 Å². The Morgan fingerprint density at radius 3 is 2.84 bits per heavy atom. The van der Waals surface area contributed by atoms with Gasteiger partial charge in [-0.3, -0.25) is 5.41 Å². The van der Waals surface area contributed by atoms with E-state index in [1.165, 1.54) is 0 Å². The number of halogens is 1. The lowest BCUT2D eigenvalue weighted by atomic mass is 10.1. The van der Waals surface area contributed by atoms with E-state index < -0.39 is 0 Å². The zero-order chi connectivity index (χ0) is 20.5. The van der Waals surface area contributed by atoms with E-state index in [0.29, 0.717) is 18.3 Å². The first-order chi connectivity index (χ1) is 14.7. The van der Waals surface area contributed by atoms with Gasteiger partial charge in [-0.15, -0.1) is 28.8 Å². The largest absolute Gasteiger partial charge is 0.370 e. The van der Waals surface area contributed by atoms with Crippen LogP contribution in [0, 0.1) is 5.41 Å². The summed E-state index contributed by atoms with van der Waals surface area (Å²) in [4.78, 5) is 7.44. The Balaban J connectivity index is 0.00000231. The van der Waals surface area contributed by atoms with Crippen LogP contribution >= 0.6 is 23.7 Å². The highest BCUT2D eigenvalue weighted by atomic mass is 35.5. The number of benzene rings is 1. The van der Waals surface area contributed by atoms with Crippen molar-refractivity contribution in [3.8, 4) is 22.0 Å². The molecule has 1 aliphatic rings. The van der Waals surface area contributed by atoms with Crippen LogP contribution in [-0.2, 0) is 6.54 Å². The van der Waals surface area contributed by atoms with E-state index >= 15 is 0 Å². The van der Waals surface area contributed by atoms with Gasteiger partial charge in [0, 0.05) is 12.1 Å². The highest BCUT2D eigenvalue weighted by molar-refractivity contribution is 7.13. The maximum Gasteiger partial charge on any atom is 0.249 e. The average molecular weight is 457 g/mol. The number of guanidine groups is 1. The second kappa shape index (κ2) is 8.86. The summed E-state index contributed by atoms with van der Waals surface area (Å²) in [5, 5.41) is 22.3. The third kappa shape index (κ3) is 4.30. The van der Waals surface area contributed by atoms with Crippen LogP contribution in [0.5, 0.6) is 0 Å². The van der Waals surface area contributed by atoms with Crippen molar-refractivity contribution in [2.24, 2.45) is 5.73 Å². The van der Waals surface area contributed by atoms with Crippen LogP contribution in [0.4, 0.5) is 0 Å². The number of thiophene rings is 1. The SMILES string of the molecule is Cl.N=C(N)N1CCC[C@H]1c1nc(-c2ccc(Cn3cc(-c4cccs4)nn3)cc2)no1. The molecular weight excluding hydrogens is 436 g/mol. The van der Waals surface area contributed by atoms with Crippen LogP contribution in [0.2, 0.25) is 0 Å². The fourth-order valence-electron chi connectivity index (χ4n) is 3.66. The van der Waals surface area contributed by atoms with Gasteiger partial charge in [-0.1, -0.05) is 40.7 Å². The summed E-state index contributed by atoms with van der Waals surface area (Å²) in [6.45, 7) is 1.37. The molecule has 9 nitrogen and oxygen atoms in total. The number of nitrogens with zero attached hydrogens (tertiary/aromatic N) is 6. The Morgan fingerprint density at radius 2 is 2.10 bits per heavy atom. The van der Waals surface area contributed by atoms with Gasteiger partial charge in [0.25, 0.3) is 0 Å². The number of nitrogens with two attached hydrogens (primary N) is 1. The van der Waals surface area contributed by atoms with E-state index in [0.717, 1.165) is 41.1 Å². The van der Waals surface area contributed by atoms with E-state index in [4.69, 9.17) is 15.7 Å². The predicted molar refractivity (Wildman–Crippen MR) is 120 cm³/mol. The van der Waals surface area contributed by atoms with Crippen LogP contribution in [0.15, 0.2) is 52.5 Å². The van der Waals surface area contributed by atoms with Crippen molar-refractivity contribution in [2.75, 3.05) is 6.54 Å². The van der Waals surface area contributed by atoms with Crippen LogP contribution < -0.4 is 5.73 Å². The molecule has 11 heteroatoms. The van der Waals surface area contributed by atoms with E-state index in [2.05, 4.69) is 20.5 Å². The summed E-state index contributed by atoms with van der Waals surface area (Å²) in [6, 6.07) is 11.9. The molecule has 3 N–H and O–H groups in total. The Labute approximate surface area is 188 Å². The molecule has 0 unspecified atom stereocenters. The molecule has 0 aliphatic carbocycles. The van der Waals surface area contributed by atoms with Gasteiger partial charge in [-0.25, -0.2) is 4.68 Å². The maximum atomic E-state index is 7.70. The normalized spacial score (nSPS) is 15.7. The topological polar surface area (TPSA) is 123 Å². The molecule has 0 amide bonds. The minimum atomic E-state index is -0.118. The molecule has 1 aliphatic heterocycles. The zero-order valence-corrected chi connectivity index (χ0v) is 18.1. The van der Waals surface area contributed by atoms with E-state index in [1.807, 2.05) is 52.7 Å². The fourth-order valence-corrected chi connectivity index (χ4v) is 4.33. The summed E-state index contributed by atoms with van der Waals surface area (Å²) in [6.07, 6.45) is 3.76. The Bertz CT molecular complexity index is 1150. The first-order valence-electron chi connectivity index (χ1n) is 9.65. The second-order valence-corrected chi connectivity index (χ2v) is 8.12. The smallest absolute Gasteiger partial charge is 0.249 e. The number of hydrogen-bond donors (Lipinski definition) is 2. The van der Waals surface area contributed by atoms with Crippen LogP contribution in [0.3, 0.4) is 0 Å². The van der Waals surface area contributed by atoms with E-state index in [-0.39, 0.29) is 24.4 Å². The van der Waals surface area contributed by atoms with Gasteiger partial charge in [0.2, 0.25) is 11.7 Å². The van der Waals surface area contributed by atoms with Crippen molar-refractivity contribution < 1.29 is 4.52 Å². The molecule has 1 saturated heterocycles. The molecule has 1 fully saturated rings. The molecule has 5 rings (SSSR count). The summed E-state index contributed by atoms with van der Waals surface area (Å²) in [5.74, 6) is 1.08. The van der Waals surface area contributed by atoms with Crippen molar-refractivity contribution in [2.45, 2.75) is 25.4 Å². The molecule has 0 radical (unpaired) electrons. The molecule has 1 aromatic carbocycles. The average Bonchev–Trinajstić information content (AvgIpc) is 3.55. The lowest BCUT2D eigenvalue weighted by Gasteiger charge is -2.21. The minimum Gasteiger partial charge on any atom is -0.370 e. The van der Waals surface area contributed by atoms with Gasteiger partial charge in [-0.2, -0.15) is 4.98 Å². The lowest BCUT2D eigenvalue weighted by Crippen LogP contribution is -2.35. The molecule has 0 saturated carbocycles. The van der Waals surface area contributed by atoms with Crippen LogP contribution in [-0.4, -0.2) is 42.5 Å². The fraction of sp³-hybridized carbons (Fsp3) is 0.250. The molecule has 1 atom stereocenters. The summed E-state index contributed by atoms with van der Waals surface area (Å²) >= 11 is 1.65. The Morgan fingerprint density at radius 1 is 1.26 bits per heavy atom. The maximum absolute atomic E-state index is 7.70. The van der Waals surface area contributed by atoms with E-state index in [9.17, 15) is 0 Å². The molecule has 0 spiro atoms. The van der Waals surface area contributed by atoms with Crippen molar-refractivity contribution in [3.05, 3.63) is 59.4 Å². The minimum absolute atomic E-state index is 0. The van der Waals surface area contributed by atoms with Crippen LogP contribution in [0.25, 0.3) is 22.0 Å². The molecule has 0 bridgehead atoms. The third-order valence-corrected chi connectivity index (χ3v) is 6.05. The number of rotatable bonds is 5. The van der Waals surface area contributed by atoms with Crippen molar-refractivity contribution in [3.63, 3.8) is 0 Å². The molecule has 31 heavy (non-hydrogen) atoms. The van der Waals surface area contributed by atoms with Gasteiger partial charge in [0.15, 0.2) is 5.96 Å². The molecule has 3 aromatic heterocycles. The van der Waals surface area contributed by atoms with Crippen molar-refractivity contribution in [1.82, 2.24) is 30.0 Å². The lowest BCUT2D eigenvalue weighted by molar-refractivity contribution is 0.283. The van der Waals surface area contributed by atoms with Gasteiger partial charge in [-0.05, 0) is 29.9 Å². The molecule has 4 heterocycles. The van der Waals surface area contributed by atoms with Gasteiger partial charge in [0.05, 0.1) is 17.6 Å². The Kier molecular flexibility index (Phi) is 6.01. The number of aromatic nitrogens is 5. The molecule has 160 valence electrons. The van der Waals surface area contributed by atoms with Gasteiger partial charge < -0.3 is 15.2 Å². The highest BCUT2D eigenvalue weighted by Crippen LogP contribution is 2.31. The van der Waals surface area contributed by atoms with Crippen LogP contribution in [0.1, 0.15) is 30.3 Å². The summed E-state index contributed by atoms with van der Waals surface area (Å²) < 4.78 is 7.30. The summed E-state index contributed by atoms with van der Waals surface area (Å²) in [7, 11) is 0. The monoisotopic (exact) mass is 456 g/mol. The first kappa shape index (κ1) is 21.0. The predicted octanol–water partition coefficient (Wildman–Crippen LogP) is 3.56. The van der Waals surface area contributed by atoms with Crippen molar-refractivity contribution in [1.29, 1.82) is 5.41 Å². The second-order valence-electron chi connectivity index (χ2n) is 7.17. The summed E-state index contributed by atoms with van der Waals surface area (Å²) in [5.41, 5.74) is 8.52. The standard InChI is InChI=1S/C20H20N8OS.ClH/c21-20(22)28-9-1-3-16(28)19-23-18(25-29-19)14-7-5-13(6-8-14)11-27-12-15(24-26-27)17-4-2-10-30-17;/h2,4-8,10,12,16H,1,3,9,11H2,(H3,21,22);1H/t16-;/m0./s1. The molecule has 4 aromatic rings. The number of nitrogens with one attached hydrogen (secondary N) is 1. The molecular formula is C20H21ClN8OS. The highest BCUT2D eigenvalue weighted by Gasteiger charge is 2.31. The first-order valence-corrected chi connectivity index (χ1v) is 10.5. The quantitative estimate of drug-likeness (QED) is 0.347.